The van der Waals surface area contributed by atoms with Gasteiger partial charge in [0.2, 0.25) is 0 Å². The van der Waals surface area contributed by atoms with E-state index in [0.717, 1.165) is 141 Å². The lowest BCUT2D eigenvalue weighted by Crippen LogP contribution is -2.49. The van der Waals surface area contributed by atoms with Gasteiger partial charge < -0.3 is 34.4 Å². The highest BCUT2D eigenvalue weighted by molar-refractivity contribution is 5.95. The quantitative estimate of drug-likeness (QED) is 0.0746. The Labute approximate surface area is 504 Å². The van der Waals surface area contributed by atoms with E-state index in [0.29, 0.717) is 36.1 Å². The Kier molecular flexibility index (Phi) is 21.5. The number of hydrogen-bond donors (Lipinski definition) is 2. The van der Waals surface area contributed by atoms with Crippen molar-refractivity contribution < 1.29 is 18.0 Å². The molecule has 0 bridgehead atoms. The van der Waals surface area contributed by atoms with Crippen molar-refractivity contribution >= 4 is 28.1 Å². The van der Waals surface area contributed by atoms with Gasteiger partial charge in [-0.3, -0.25) is 19.7 Å². The fraction of sp³-hybridized carbons (Fsp3) is 0.710. The summed E-state index contributed by atoms with van der Waals surface area (Å²) in [6.45, 7) is 38.5. The SMILES string of the molecule is C=C(NC(C)C(=C)N1CCCCN1)C(C1CCCC1)N1CCC(CN(C)CC)C1.C=CC1C(C2CC2)N1C.CC(=O)CC(C)(C)Cc1c(-c2cc(N3CCN(C4CC4)CC3)cnc2C(C)C)n(CC(F)(F)F)c2ccc(N3CCCCC3)cc12. The predicted octanol–water partition coefficient (Wildman–Crippen LogP) is 12.9. The summed E-state index contributed by atoms with van der Waals surface area (Å²) in [7, 11) is 4.44. The number of ketones is 1. The summed E-state index contributed by atoms with van der Waals surface area (Å²) in [6.07, 6.45) is 18.6. The molecule has 0 radical (unpaired) electrons. The van der Waals surface area contributed by atoms with Crippen molar-refractivity contribution in [2.75, 3.05) is 102 Å². The van der Waals surface area contributed by atoms with Crippen molar-refractivity contribution in [1.29, 1.82) is 0 Å². The smallest absolute Gasteiger partial charge is 0.379 e. The Bertz CT molecular complexity index is 2680. The number of aromatic nitrogens is 2. The molecule has 6 unspecified atom stereocenters. The maximum atomic E-state index is 14.5. The molecule has 11 rings (SSSR count). The summed E-state index contributed by atoms with van der Waals surface area (Å²) in [4.78, 5) is 32.2. The van der Waals surface area contributed by atoms with Crippen LogP contribution in [0.25, 0.3) is 22.2 Å². The number of halogens is 3. The number of hydrogen-bond acceptors (Lipinski definition) is 11. The lowest BCUT2D eigenvalue weighted by atomic mass is 9.80. The van der Waals surface area contributed by atoms with Crippen molar-refractivity contribution in [3.63, 3.8) is 0 Å². The Hall–Kier alpha value is -4.41. The summed E-state index contributed by atoms with van der Waals surface area (Å²) in [5, 5.41) is 6.86. The summed E-state index contributed by atoms with van der Waals surface area (Å²) >= 11 is 0. The zero-order valence-corrected chi connectivity index (χ0v) is 53.4. The van der Waals surface area contributed by atoms with Crippen LogP contribution in [0.2, 0.25) is 0 Å². The minimum Gasteiger partial charge on any atom is -0.379 e. The Balaban J connectivity index is 0.000000188. The molecule has 466 valence electrons. The molecule has 0 amide bonds. The van der Waals surface area contributed by atoms with E-state index < -0.39 is 18.1 Å². The highest BCUT2D eigenvalue weighted by Gasteiger charge is 2.51. The minimum atomic E-state index is -4.42. The number of fused-ring (bicyclic) bond motifs is 1. The Morgan fingerprint density at radius 2 is 1.56 bits per heavy atom. The van der Waals surface area contributed by atoms with Crippen molar-refractivity contribution in [3.05, 3.63) is 78.9 Å². The molecule has 3 aromatic rings. The van der Waals surface area contributed by atoms with Crippen LogP contribution in [0.1, 0.15) is 162 Å². The van der Waals surface area contributed by atoms with Gasteiger partial charge in [0.15, 0.2) is 0 Å². The van der Waals surface area contributed by atoms with Gasteiger partial charge in [0, 0.05) is 124 Å². The van der Waals surface area contributed by atoms with E-state index in [2.05, 4.69) is 139 Å². The van der Waals surface area contributed by atoms with Crippen LogP contribution in [0.15, 0.2) is 67.7 Å². The van der Waals surface area contributed by atoms with Crippen molar-refractivity contribution in [1.82, 2.24) is 44.9 Å². The number of benzene rings is 1. The van der Waals surface area contributed by atoms with E-state index in [1.54, 1.807) is 6.92 Å². The minimum absolute atomic E-state index is 0.00936. The van der Waals surface area contributed by atoms with E-state index >= 15 is 0 Å². The molecule has 5 aliphatic heterocycles. The number of hydrazine groups is 1. The summed E-state index contributed by atoms with van der Waals surface area (Å²) < 4.78 is 45.0. The number of nitrogens with zero attached hydrogens (tertiary/aromatic N) is 9. The van der Waals surface area contributed by atoms with E-state index in [1.807, 2.05) is 18.3 Å². The largest absolute Gasteiger partial charge is 0.406 e. The molecule has 12 nitrogen and oxygen atoms in total. The maximum Gasteiger partial charge on any atom is 0.406 e. The normalized spacial score (nSPS) is 24.4. The number of piperidine rings is 1. The summed E-state index contributed by atoms with van der Waals surface area (Å²) in [5.74, 6) is 2.66. The number of anilines is 2. The number of pyridine rings is 1. The van der Waals surface area contributed by atoms with Gasteiger partial charge in [-0.25, -0.2) is 5.43 Å². The van der Waals surface area contributed by atoms with Crippen LogP contribution < -0.4 is 20.5 Å². The summed E-state index contributed by atoms with van der Waals surface area (Å²) in [6, 6.07) is 11.1. The number of carbonyl (C=O) groups excluding carboxylic acids is 1. The van der Waals surface area contributed by atoms with Crippen molar-refractivity contribution in [2.24, 2.45) is 23.2 Å². The average molecular weight is 1160 g/mol. The second-order valence-electron chi connectivity index (χ2n) is 27.9. The van der Waals surface area contributed by atoms with Crippen LogP contribution in [-0.2, 0) is 17.8 Å². The first-order valence-corrected chi connectivity index (χ1v) is 33.0. The molecule has 15 heteroatoms. The van der Waals surface area contributed by atoms with Gasteiger partial charge in [-0.2, -0.15) is 13.2 Å². The van der Waals surface area contributed by atoms with Gasteiger partial charge in [-0.05, 0) is 183 Å². The molecular formula is C69H108F3N11O. The number of likely N-dealkylation sites (tertiary alicyclic amines) is 1. The first-order valence-electron chi connectivity index (χ1n) is 33.0. The zero-order valence-electron chi connectivity index (χ0n) is 53.4. The molecule has 3 saturated carbocycles. The number of nitrogens with one attached hydrogen (secondary N) is 2. The molecular weight excluding hydrogens is 1060 g/mol. The second kappa shape index (κ2) is 28.2. The third kappa shape index (κ3) is 16.4. The van der Waals surface area contributed by atoms with Gasteiger partial charge in [0.05, 0.1) is 35.4 Å². The number of Topliss-reactive ketones (excluding diaryl/α,β-unsaturated/α-hetero) is 1. The molecule has 2 aromatic heterocycles. The first kappa shape index (κ1) is 64.1. The molecule has 2 N–H and O–H groups in total. The average Bonchev–Trinajstić information content (AvgIpc) is 3.06. The number of alkyl halides is 3. The number of piperazine rings is 1. The van der Waals surface area contributed by atoms with E-state index in [9.17, 15) is 18.0 Å². The fourth-order valence-electron chi connectivity index (χ4n) is 15.1. The van der Waals surface area contributed by atoms with Crippen LogP contribution in [0.5, 0.6) is 0 Å². The van der Waals surface area contributed by atoms with Gasteiger partial charge in [0.25, 0.3) is 0 Å². The van der Waals surface area contributed by atoms with E-state index in [1.165, 1.54) is 107 Å². The molecule has 5 saturated heterocycles. The van der Waals surface area contributed by atoms with Crippen LogP contribution in [0, 0.1) is 23.2 Å². The molecule has 3 aliphatic carbocycles. The standard InChI is InChI=1S/C37H50F3N5O.C24H45N5.C8H13N/c1-25(2)34-31(20-29(23-41-34)44-17-15-43(16-18-44)27-9-10-27)35-32(22-36(4,5)21-26(3)46)30-19-28(42-13-7-6-8-14-42)11-12-33(30)45(35)24-37(38,39)40;1-6-27(5)17-22-13-16-28(18-22)24(23-11-7-8-12-23)20(3)26-19(2)21(4)29-15-10-9-14-25-29;1-3-7-8(9(7)2)6-4-5-6/h11-12,19-20,23,25,27H,6-10,13-18,21-22,24H2,1-5H3;19,22-26H,3-4,6-18H2,1-2,5H3;3,6-8H,1,4-5H2,2H3. The topological polar surface area (TPSA) is 81.4 Å². The van der Waals surface area contributed by atoms with Gasteiger partial charge in [-0.15, -0.1) is 6.58 Å². The highest BCUT2D eigenvalue weighted by atomic mass is 19.4. The first-order chi connectivity index (χ1) is 40.1. The van der Waals surface area contributed by atoms with Gasteiger partial charge >= 0.3 is 6.18 Å². The second-order valence-corrected chi connectivity index (χ2v) is 27.9. The van der Waals surface area contributed by atoms with Gasteiger partial charge in [0.1, 0.15) is 12.3 Å². The molecule has 7 heterocycles. The summed E-state index contributed by atoms with van der Waals surface area (Å²) in [5.41, 5.74) is 11.0. The van der Waals surface area contributed by atoms with Crippen molar-refractivity contribution in [3.8, 4) is 11.3 Å². The van der Waals surface area contributed by atoms with E-state index in [-0.39, 0.29) is 17.7 Å². The lowest BCUT2D eigenvalue weighted by Gasteiger charge is -2.38. The van der Waals surface area contributed by atoms with Crippen LogP contribution in [-0.4, -0.2) is 169 Å². The molecule has 8 fully saturated rings. The van der Waals surface area contributed by atoms with E-state index in [4.69, 9.17) is 4.98 Å². The Morgan fingerprint density at radius 1 is 0.869 bits per heavy atom. The fourth-order valence-corrected chi connectivity index (χ4v) is 15.1. The number of rotatable bonds is 22. The van der Waals surface area contributed by atoms with Crippen LogP contribution in [0.3, 0.4) is 0 Å². The number of likely N-dealkylation sites (N-methyl/N-ethyl adjacent to an activating group) is 1. The molecule has 84 heavy (non-hydrogen) atoms. The lowest BCUT2D eigenvalue weighted by molar-refractivity contribution is -0.139. The maximum absolute atomic E-state index is 14.5. The van der Waals surface area contributed by atoms with Crippen LogP contribution >= 0.6 is 0 Å². The van der Waals surface area contributed by atoms with Gasteiger partial charge in [-0.1, -0.05) is 66.7 Å². The number of carbonyl (C=O) groups is 1. The third-order valence-corrected chi connectivity index (χ3v) is 20.0. The molecule has 1 aromatic carbocycles. The molecule has 8 aliphatic rings. The molecule has 0 spiro atoms. The monoisotopic (exact) mass is 1160 g/mol. The van der Waals surface area contributed by atoms with Crippen molar-refractivity contribution in [2.45, 2.75) is 200 Å². The third-order valence-electron chi connectivity index (χ3n) is 20.0. The highest BCUT2D eigenvalue weighted by Crippen LogP contribution is 2.47. The predicted molar refractivity (Wildman–Crippen MR) is 343 cm³/mol. The Morgan fingerprint density at radius 3 is 2.15 bits per heavy atom. The van der Waals surface area contributed by atoms with Crippen LogP contribution in [0.4, 0.5) is 24.5 Å². The zero-order chi connectivity index (χ0) is 60.0. The molecule has 6 atom stereocenters.